The van der Waals surface area contributed by atoms with Gasteiger partial charge in [-0.3, -0.25) is 4.79 Å². The number of carbonyl (C=O) groups excluding carboxylic acids is 1. The summed E-state index contributed by atoms with van der Waals surface area (Å²) in [6.45, 7) is 12.8. The van der Waals surface area contributed by atoms with Crippen molar-refractivity contribution in [3.63, 3.8) is 0 Å². The van der Waals surface area contributed by atoms with Crippen LogP contribution in [0.25, 0.3) is 0 Å². The quantitative estimate of drug-likeness (QED) is 0.654. The second kappa shape index (κ2) is 12.4. The molecule has 0 aliphatic carbocycles. The van der Waals surface area contributed by atoms with Crippen molar-refractivity contribution in [1.29, 1.82) is 0 Å². The third-order valence-corrected chi connectivity index (χ3v) is 1.67. The molecule has 0 saturated carbocycles. The van der Waals surface area contributed by atoms with Crippen LogP contribution in [0.5, 0.6) is 0 Å². The highest BCUT2D eigenvalue weighted by atomic mass is 16.5. The van der Waals surface area contributed by atoms with E-state index in [1.807, 2.05) is 39.5 Å². The van der Waals surface area contributed by atoms with Crippen LogP contribution in [0, 0.1) is 0 Å². The molecule has 0 bridgehead atoms. The zero-order chi connectivity index (χ0) is 11.4. The van der Waals surface area contributed by atoms with Gasteiger partial charge in [-0.15, -0.1) is 0 Å². The average molecular weight is 203 g/mol. The topological polar surface area (TPSA) is 29.5 Å². The van der Waals surface area contributed by atoms with Crippen LogP contribution in [0.15, 0.2) is 0 Å². The second-order valence-corrected chi connectivity index (χ2v) is 2.35. The first-order chi connectivity index (χ1) is 6.84. The smallest absolute Gasteiger partial charge is 0.222 e. The summed E-state index contributed by atoms with van der Waals surface area (Å²) in [6, 6.07) is 0. The van der Waals surface area contributed by atoms with Crippen LogP contribution in [-0.2, 0) is 9.53 Å². The first-order valence-corrected chi connectivity index (χ1v) is 5.70. The number of hydrogen-bond donors (Lipinski definition) is 0. The van der Waals surface area contributed by atoms with Crippen molar-refractivity contribution >= 4 is 5.91 Å². The minimum atomic E-state index is 0.239. The first-order valence-electron chi connectivity index (χ1n) is 5.70. The minimum absolute atomic E-state index is 0.239. The number of ether oxygens (including phenoxy) is 1. The Morgan fingerprint density at radius 1 is 1.14 bits per heavy atom. The van der Waals surface area contributed by atoms with Gasteiger partial charge < -0.3 is 9.64 Å². The van der Waals surface area contributed by atoms with E-state index in [2.05, 4.69) is 0 Å². The Hall–Kier alpha value is -0.570. The third-order valence-electron chi connectivity index (χ3n) is 1.67. The Balaban J connectivity index is 0. The monoisotopic (exact) mass is 203 g/mol. The fraction of sp³-hybridized carbons (Fsp3) is 0.909. The third kappa shape index (κ3) is 6.89. The highest BCUT2D eigenvalue weighted by molar-refractivity contribution is 5.75. The van der Waals surface area contributed by atoms with Gasteiger partial charge in [0.1, 0.15) is 0 Å². The molecule has 0 unspecified atom stereocenters. The van der Waals surface area contributed by atoms with Gasteiger partial charge in [0.25, 0.3) is 0 Å². The summed E-state index contributed by atoms with van der Waals surface area (Å²) in [5.74, 6) is 0.239. The van der Waals surface area contributed by atoms with Crippen LogP contribution < -0.4 is 0 Å². The Labute approximate surface area is 88.4 Å². The zero-order valence-electron chi connectivity index (χ0n) is 10.3. The molecule has 0 aromatic carbocycles. The van der Waals surface area contributed by atoms with Gasteiger partial charge in [0.15, 0.2) is 0 Å². The highest BCUT2D eigenvalue weighted by Gasteiger charge is 2.13. The molecule has 86 valence electrons. The summed E-state index contributed by atoms with van der Waals surface area (Å²) in [6.07, 6.45) is 0.611. The van der Waals surface area contributed by atoms with Crippen molar-refractivity contribution in [3.8, 4) is 0 Å². The number of amides is 1. The molecular formula is C11H25NO2. The van der Waals surface area contributed by atoms with Crippen molar-refractivity contribution in [2.24, 2.45) is 0 Å². The maximum Gasteiger partial charge on any atom is 0.222 e. The number of carbonyl (C=O) groups is 1. The molecule has 1 saturated heterocycles. The van der Waals surface area contributed by atoms with Crippen LogP contribution in [0.4, 0.5) is 0 Å². The lowest BCUT2D eigenvalue weighted by molar-refractivity contribution is -0.134. The summed E-state index contributed by atoms with van der Waals surface area (Å²) in [7, 11) is 0. The molecule has 1 aliphatic heterocycles. The van der Waals surface area contributed by atoms with E-state index in [0.717, 1.165) is 13.1 Å². The summed E-state index contributed by atoms with van der Waals surface area (Å²) < 4.78 is 5.10. The molecule has 0 radical (unpaired) electrons. The molecule has 0 N–H and O–H groups in total. The van der Waals surface area contributed by atoms with Crippen molar-refractivity contribution < 1.29 is 9.53 Å². The predicted molar refractivity (Wildman–Crippen MR) is 60.4 cm³/mol. The molecule has 14 heavy (non-hydrogen) atoms. The average Bonchev–Trinajstić information content (AvgIpc) is 2.34. The van der Waals surface area contributed by atoms with E-state index in [1.54, 1.807) is 0 Å². The van der Waals surface area contributed by atoms with Crippen molar-refractivity contribution in [1.82, 2.24) is 4.90 Å². The van der Waals surface area contributed by atoms with Gasteiger partial charge in [-0.2, -0.15) is 0 Å². The summed E-state index contributed by atoms with van der Waals surface area (Å²) >= 11 is 0. The molecule has 3 heteroatoms. The van der Waals surface area contributed by atoms with Crippen molar-refractivity contribution in [3.05, 3.63) is 0 Å². The minimum Gasteiger partial charge on any atom is -0.378 e. The Kier molecular flexibility index (Phi) is 14.1. The molecule has 0 spiro atoms. The highest BCUT2D eigenvalue weighted by Crippen LogP contribution is 1.98. The van der Waals surface area contributed by atoms with E-state index in [-0.39, 0.29) is 5.91 Å². The van der Waals surface area contributed by atoms with Gasteiger partial charge in [-0.1, -0.05) is 34.6 Å². The molecule has 3 nitrogen and oxygen atoms in total. The van der Waals surface area contributed by atoms with Gasteiger partial charge in [0, 0.05) is 19.5 Å². The van der Waals surface area contributed by atoms with Crippen LogP contribution in [0.1, 0.15) is 41.0 Å². The molecule has 1 aliphatic rings. The predicted octanol–water partition coefficient (Wildman–Crippen LogP) is 2.31. The fourth-order valence-electron chi connectivity index (χ4n) is 1.04. The molecule has 1 amide bonds. The Bertz CT molecular complexity index is 120. The second-order valence-electron chi connectivity index (χ2n) is 2.35. The molecule has 1 fully saturated rings. The first kappa shape index (κ1) is 15.9. The molecule has 0 aromatic rings. The Morgan fingerprint density at radius 3 is 1.93 bits per heavy atom. The maximum absolute atomic E-state index is 11.0. The van der Waals surface area contributed by atoms with Gasteiger partial charge >= 0.3 is 0 Å². The standard InChI is InChI=1S/C7H13NO2.2C2H6/c1-2-7(9)8-3-5-10-6-4-8;2*1-2/h2-6H2,1H3;2*1-2H3. The number of hydrogen-bond acceptors (Lipinski definition) is 2. The van der Waals surface area contributed by atoms with Crippen LogP contribution in [-0.4, -0.2) is 37.1 Å². The van der Waals surface area contributed by atoms with E-state index in [0.29, 0.717) is 19.6 Å². The zero-order valence-corrected chi connectivity index (χ0v) is 10.3. The van der Waals surface area contributed by atoms with E-state index in [1.165, 1.54) is 0 Å². The van der Waals surface area contributed by atoms with Crippen LogP contribution in [0.2, 0.25) is 0 Å². The SMILES string of the molecule is CC.CC.CCC(=O)N1CCOCC1. The summed E-state index contributed by atoms with van der Waals surface area (Å²) in [5, 5.41) is 0. The normalized spacial score (nSPS) is 14.5. The molecule has 0 atom stereocenters. The van der Waals surface area contributed by atoms with Gasteiger partial charge in [-0.05, 0) is 0 Å². The molecule has 1 heterocycles. The lowest BCUT2D eigenvalue weighted by atomic mass is 10.3. The van der Waals surface area contributed by atoms with Gasteiger partial charge in [0.05, 0.1) is 13.2 Å². The summed E-state index contributed by atoms with van der Waals surface area (Å²) in [4.78, 5) is 12.9. The van der Waals surface area contributed by atoms with Crippen LogP contribution >= 0.6 is 0 Å². The van der Waals surface area contributed by atoms with Crippen molar-refractivity contribution in [2.75, 3.05) is 26.3 Å². The van der Waals surface area contributed by atoms with Gasteiger partial charge in [0.2, 0.25) is 5.91 Å². The van der Waals surface area contributed by atoms with E-state index in [9.17, 15) is 4.79 Å². The lowest BCUT2D eigenvalue weighted by Gasteiger charge is -2.26. The van der Waals surface area contributed by atoms with E-state index >= 15 is 0 Å². The lowest BCUT2D eigenvalue weighted by Crippen LogP contribution is -2.40. The number of rotatable bonds is 1. The van der Waals surface area contributed by atoms with E-state index < -0.39 is 0 Å². The number of morpholine rings is 1. The van der Waals surface area contributed by atoms with Crippen molar-refractivity contribution in [2.45, 2.75) is 41.0 Å². The molecule has 1 rings (SSSR count). The molecular weight excluding hydrogens is 178 g/mol. The maximum atomic E-state index is 11.0. The summed E-state index contributed by atoms with van der Waals surface area (Å²) in [5.41, 5.74) is 0. The van der Waals surface area contributed by atoms with Gasteiger partial charge in [-0.25, -0.2) is 0 Å². The largest absolute Gasteiger partial charge is 0.378 e. The number of nitrogens with zero attached hydrogens (tertiary/aromatic N) is 1. The van der Waals surface area contributed by atoms with E-state index in [4.69, 9.17) is 4.74 Å². The fourth-order valence-corrected chi connectivity index (χ4v) is 1.04. The van der Waals surface area contributed by atoms with Crippen LogP contribution in [0.3, 0.4) is 0 Å². The Morgan fingerprint density at radius 2 is 1.57 bits per heavy atom. The molecule has 0 aromatic heterocycles.